The van der Waals surface area contributed by atoms with Crippen LogP contribution in [0, 0.1) is 5.92 Å². The van der Waals surface area contributed by atoms with E-state index in [2.05, 4.69) is 0 Å². The van der Waals surface area contributed by atoms with Crippen molar-refractivity contribution in [3.63, 3.8) is 0 Å². The molecule has 5 heteroatoms. The first-order valence-electron chi connectivity index (χ1n) is 4.72. The Hall–Kier alpha value is -0.440. The first-order valence-corrected chi connectivity index (χ1v) is 5.85. The van der Waals surface area contributed by atoms with E-state index in [1.807, 2.05) is 0 Å². The Kier molecular flexibility index (Phi) is 4.90. The summed E-state index contributed by atoms with van der Waals surface area (Å²) >= 11 is 17.5. The van der Waals surface area contributed by atoms with Crippen LogP contribution in [0.1, 0.15) is 13.8 Å². The molecule has 1 aromatic carbocycles. The Morgan fingerprint density at radius 1 is 1.25 bits per heavy atom. The van der Waals surface area contributed by atoms with Gasteiger partial charge in [-0.15, -0.1) is 0 Å². The van der Waals surface area contributed by atoms with E-state index >= 15 is 0 Å². The van der Waals surface area contributed by atoms with E-state index in [-0.39, 0.29) is 18.3 Å². The Labute approximate surface area is 109 Å². The van der Waals surface area contributed by atoms with Crippen molar-refractivity contribution in [2.75, 3.05) is 6.61 Å². The first kappa shape index (κ1) is 13.6. The molecule has 0 saturated heterocycles. The first-order chi connectivity index (χ1) is 7.41. The molecule has 0 N–H and O–H groups in total. The topological polar surface area (TPSA) is 26.3 Å². The van der Waals surface area contributed by atoms with Crippen molar-refractivity contribution >= 4 is 40.6 Å². The van der Waals surface area contributed by atoms with Crippen LogP contribution in [0.25, 0.3) is 0 Å². The highest BCUT2D eigenvalue weighted by Gasteiger charge is 2.13. The average Bonchev–Trinajstić information content (AvgIpc) is 2.15. The number of carbonyl (C=O) groups excluding carboxylic acids is 1. The van der Waals surface area contributed by atoms with Gasteiger partial charge in [-0.1, -0.05) is 48.7 Å². The summed E-state index contributed by atoms with van der Waals surface area (Å²) in [6.45, 7) is 3.56. The van der Waals surface area contributed by atoms with E-state index in [0.29, 0.717) is 20.8 Å². The van der Waals surface area contributed by atoms with Gasteiger partial charge in [-0.2, -0.15) is 0 Å². The third-order valence-electron chi connectivity index (χ3n) is 1.97. The van der Waals surface area contributed by atoms with Gasteiger partial charge in [0.1, 0.15) is 6.61 Å². The fraction of sp³-hybridized carbons (Fsp3) is 0.364. The van der Waals surface area contributed by atoms with Gasteiger partial charge < -0.3 is 4.74 Å². The minimum absolute atomic E-state index is 0.0120. The van der Waals surface area contributed by atoms with Crippen LogP contribution in [-0.4, -0.2) is 12.4 Å². The molecule has 0 fully saturated rings. The lowest BCUT2D eigenvalue weighted by Gasteiger charge is -2.10. The maximum Gasteiger partial charge on any atom is 0.172 e. The summed E-state index contributed by atoms with van der Waals surface area (Å²) in [4.78, 5) is 11.4. The molecule has 0 atom stereocenters. The molecule has 1 aromatic rings. The van der Waals surface area contributed by atoms with E-state index < -0.39 is 0 Å². The van der Waals surface area contributed by atoms with Crippen LogP contribution in [0.3, 0.4) is 0 Å². The highest BCUT2D eigenvalue weighted by molar-refractivity contribution is 6.40. The van der Waals surface area contributed by atoms with Crippen molar-refractivity contribution in [3.8, 4) is 5.75 Å². The molecule has 0 heterocycles. The number of hydrogen-bond donors (Lipinski definition) is 0. The smallest absolute Gasteiger partial charge is 0.172 e. The van der Waals surface area contributed by atoms with Crippen molar-refractivity contribution in [3.05, 3.63) is 27.2 Å². The second-order valence-electron chi connectivity index (χ2n) is 3.61. The molecule has 0 spiro atoms. The number of hydrogen-bond acceptors (Lipinski definition) is 2. The monoisotopic (exact) mass is 280 g/mol. The van der Waals surface area contributed by atoms with Gasteiger partial charge in [0, 0.05) is 10.9 Å². The molecular formula is C11H11Cl3O2. The van der Waals surface area contributed by atoms with Crippen LogP contribution >= 0.6 is 34.8 Å². The molecule has 16 heavy (non-hydrogen) atoms. The number of halogens is 3. The SMILES string of the molecule is CC(C)C(=O)COc1c(Cl)cc(Cl)cc1Cl. The molecule has 1 rings (SSSR count). The summed E-state index contributed by atoms with van der Waals surface area (Å²) < 4.78 is 5.27. The molecule has 0 amide bonds. The Bertz CT molecular complexity index is 379. The van der Waals surface area contributed by atoms with Crippen molar-refractivity contribution < 1.29 is 9.53 Å². The number of benzene rings is 1. The number of ether oxygens (including phenoxy) is 1. The van der Waals surface area contributed by atoms with Gasteiger partial charge in [0.2, 0.25) is 0 Å². The summed E-state index contributed by atoms with van der Waals surface area (Å²) in [6.07, 6.45) is 0. The van der Waals surface area contributed by atoms with Crippen LogP contribution in [0.15, 0.2) is 12.1 Å². The summed E-state index contributed by atoms with van der Waals surface area (Å²) in [5.41, 5.74) is 0. The minimum Gasteiger partial charge on any atom is -0.483 e. The second kappa shape index (κ2) is 5.76. The summed E-state index contributed by atoms with van der Waals surface area (Å²) in [5, 5.41) is 1.03. The summed E-state index contributed by atoms with van der Waals surface area (Å²) in [5.74, 6) is 0.202. The molecule has 2 nitrogen and oxygen atoms in total. The van der Waals surface area contributed by atoms with E-state index in [0.717, 1.165) is 0 Å². The van der Waals surface area contributed by atoms with Crippen LogP contribution in [-0.2, 0) is 4.79 Å². The lowest BCUT2D eigenvalue weighted by Crippen LogP contribution is -2.17. The Morgan fingerprint density at radius 2 is 1.75 bits per heavy atom. The lowest BCUT2D eigenvalue weighted by atomic mass is 10.1. The van der Waals surface area contributed by atoms with Crippen LogP contribution < -0.4 is 4.74 Å². The van der Waals surface area contributed by atoms with Gasteiger partial charge in [0.25, 0.3) is 0 Å². The van der Waals surface area contributed by atoms with Crippen molar-refractivity contribution in [1.29, 1.82) is 0 Å². The number of Topliss-reactive ketones (excluding diaryl/α,β-unsaturated/α-hetero) is 1. The van der Waals surface area contributed by atoms with Gasteiger partial charge in [-0.05, 0) is 12.1 Å². The normalized spacial score (nSPS) is 10.6. The zero-order valence-corrected chi connectivity index (χ0v) is 11.2. The maximum atomic E-state index is 11.4. The van der Waals surface area contributed by atoms with Crippen molar-refractivity contribution in [2.45, 2.75) is 13.8 Å². The quantitative estimate of drug-likeness (QED) is 0.824. The molecule has 0 aromatic heterocycles. The predicted octanol–water partition coefficient (Wildman–Crippen LogP) is 4.25. The zero-order chi connectivity index (χ0) is 12.3. The van der Waals surface area contributed by atoms with Crippen LogP contribution in [0.5, 0.6) is 5.75 Å². The molecule has 0 aliphatic heterocycles. The van der Waals surface area contributed by atoms with Gasteiger partial charge in [0.05, 0.1) is 10.0 Å². The zero-order valence-electron chi connectivity index (χ0n) is 8.89. The largest absolute Gasteiger partial charge is 0.483 e. The van der Waals surface area contributed by atoms with Crippen LogP contribution in [0.2, 0.25) is 15.1 Å². The third-order valence-corrected chi connectivity index (χ3v) is 2.75. The number of carbonyl (C=O) groups is 1. The van der Waals surface area contributed by atoms with Gasteiger partial charge in [-0.25, -0.2) is 0 Å². The second-order valence-corrected chi connectivity index (χ2v) is 4.86. The average molecular weight is 282 g/mol. The van der Waals surface area contributed by atoms with E-state index in [9.17, 15) is 4.79 Å². The summed E-state index contributed by atoms with van der Waals surface area (Å²) in [6, 6.07) is 3.04. The minimum atomic E-state index is -0.0788. The van der Waals surface area contributed by atoms with Gasteiger partial charge in [0.15, 0.2) is 11.5 Å². The fourth-order valence-corrected chi connectivity index (χ4v) is 1.90. The highest BCUT2D eigenvalue weighted by atomic mass is 35.5. The summed E-state index contributed by atoms with van der Waals surface area (Å²) in [7, 11) is 0. The molecule has 0 radical (unpaired) electrons. The Morgan fingerprint density at radius 3 is 2.19 bits per heavy atom. The molecule has 0 aliphatic rings. The van der Waals surface area contributed by atoms with Crippen molar-refractivity contribution in [2.24, 2.45) is 5.92 Å². The standard InChI is InChI=1S/C11H11Cl3O2/c1-6(2)10(15)5-16-11-8(13)3-7(12)4-9(11)14/h3-4,6H,5H2,1-2H3. The number of ketones is 1. The predicted molar refractivity (Wildman–Crippen MR) is 66.8 cm³/mol. The fourth-order valence-electron chi connectivity index (χ4n) is 0.977. The molecular weight excluding hydrogens is 270 g/mol. The molecule has 0 aliphatic carbocycles. The molecule has 0 unspecified atom stereocenters. The lowest BCUT2D eigenvalue weighted by molar-refractivity contribution is -0.123. The third kappa shape index (κ3) is 3.55. The van der Waals surface area contributed by atoms with Gasteiger partial charge in [-0.3, -0.25) is 4.79 Å². The van der Waals surface area contributed by atoms with Crippen LogP contribution in [0.4, 0.5) is 0 Å². The van der Waals surface area contributed by atoms with E-state index in [1.54, 1.807) is 13.8 Å². The molecule has 0 saturated carbocycles. The Balaban J connectivity index is 2.78. The number of rotatable bonds is 4. The van der Waals surface area contributed by atoms with Gasteiger partial charge >= 0.3 is 0 Å². The van der Waals surface area contributed by atoms with Crippen molar-refractivity contribution in [1.82, 2.24) is 0 Å². The van der Waals surface area contributed by atoms with E-state index in [4.69, 9.17) is 39.5 Å². The van der Waals surface area contributed by atoms with E-state index in [1.165, 1.54) is 12.1 Å². The molecule has 0 bridgehead atoms. The highest BCUT2D eigenvalue weighted by Crippen LogP contribution is 2.35. The maximum absolute atomic E-state index is 11.4. The molecule has 88 valence electrons.